The van der Waals surface area contributed by atoms with Crippen LogP contribution in [0.25, 0.3) is 0 Å². The van der Waals surface area contributed by atoms with E-state index < -0.39 is 0 Å². The van der Waals surface area contributed by atoms with E-state index in [0.717, 1.165) is 16.8 Å². The lowest BCUT2D eigenvalue weighted by Crippen LogP contribution is -2.11. The van der Waals surface area contributed by atoms with E-state index in [0.29, 0.717) is 11.6 Å². The van der Waals surface area contributed by atoms with Crippen LogP contribution in [0.4, 0.5) is 5.69 Å². The van der Waals surface area contributed by atoms with Crippen LogP contribution in [0.3, 0.4) is 0 Å². The number of benzene rings is 1. The molecule has 0 unspecified atom stereocenters. The molecule has 1 aromatic carbocycles. The van der Waals surface area contributed by atoms with E-state index in [2.05, 4.69) is 5.32 Å². The van der Waals surface area contributed by atoms with E-state index in [1.807, 2.05) is 31.2 Å². The number of carbonyl (C=O) groups excluding carboxylic acids is 1. The molecule has 0 aliphatic carbocycles. The quantitative estimate of drug-likeness (QED) is 0.845. The van der Waals surface area contributed by atoms with Crippen molar-refractivity contribution < 1.29 is 9.21 Å². The Balaban J connectivity index is 2.10. The first-order chi connectivity index (χ1) is 8.20. The van der Waals surface area contributed by atoms with Gasteiger partial charge in [0.05, 0.1) is 6.26 Å². The number of alkyl halides is 1. The standard InChI is InChI=1S/C13H12ClNO2/c1-9-6-7-17-12(9)13(16)15-11-4-2-10(8-14)3-5-11/h2-7H,8H2,1H3,(H,15,16). The van der Waals surface area contributed by atoms with Crippen molar-refractivity contribution in [3.63, 3.8) is 0 Å². The Morgan fingerprint density at radius 3 is 2.53 bits per heavy atom. The number of aryl methyl sites for hydroxylation is 1. The molecule has 88 valence electrons. The molecule has 1 aromatic heterocycles. The molecule has 2 rings (SSSR count). The molecule has 0 fully saturated rings. The Kier molecular flexibility index (Phi) is 3.49. The summed E-state index contributed by atoms with van der Waals surface area (Å²) in [5.41, 5.74) is 2.55. The van der Waals surface area contributed by atoms with Gasteiger partial charge < -0.3 is 9.73 Å². The summed E-state index contributed by atoms with van der Waals surface area (Å²) in [6.07, 6.45) is 1.50. The maximum Gasteiger partial charge on any atom is 0.291 e. The third-order valence-electron chi connectivity index (χ3n) is 2.43. The highest BCUT2D eigenvalue weighted by atomic mass is 35.5. The van der Waals surface area contributed by atoms with E-state index in [1.165, 1.54) is 6.26 Å². The van der Waals surface area contributed by atoms with Gasteiger partial charge in [-0.1, -0.05) is 12.1 Å². The number of anilines is 1. The van der Waals surface area contributed by atoms with Crippen LogP contribution >= 0.6 is 11.6 Å². The maximum atomic E-state index is 11.8. The van der Waals surface area contributed by atoms with Gasteiger partial charge in [0, 0.05) is 17.1 Å². The number of furan rings is 1. The van der Waals surface area contributed by atoms with Gasteiger partial charge in [-0.05, 0) is 30.7 Å². The molecule has 0 saturated carbocycles. The van der Waals surface area contributed by atoms with Crippen LogP contribution in [0.2, 0.25) is 0 Å². The van der Waals surface area contributed by atoms with Crippen molar-refractivity contribution in [1.29, 1.82) is 0 Å². The molecule has 0 bridgehead atoms. The topological polar surface area (TPSA) is 42.2 Å². The van der Waals surface area contributed by atoms with E-state index in [4.69, 9.17) is 16.0 Å². The molecule has 0 aliphatic rings. The van der Waals surface area contributed by atoms with Gasteiger partial charge in [-0.15, -0.1) is 11.6 Å². The van der Waals surface area contributed by atoms with Gasteiger partial charge in [0.1, 0.15) is 0 Å². The SMILES string of the molecule is Cc1ccoc1C(=O)Nc1ccc(CCl)cc1. The smallest absolute Gasteiger partial charge is 0.291 e. The normalized spacial score (nSPS) is 10.2. The molecule has 1 heterocycles. The lowest BCUT2D eigenvalue weighted by molar-refractivity contribution is 0.0996. The second kappa shape index (κ2) is 5.06. The lowest BCUT2D eigenvalue weighted by Gasteiger charge is -2.04. The first-order valence-electron chi connectivity index (χ1n) is 5.21. The van der Waals surface area contributed by atoms with Crippen molar-refractivity contribution in [3.8, 4) is 0 Å². The Morgan fingerprint density at radius 2 is 2.00 bits per heavy atom. The number of carbonyl (C=O) groups is 1. The van der Waals surface area contributed by atoms with Gasteiger partial charge in [-0.25, -0.2) is 0 Å². The maximum absolute atomic E-state index is 11.8. The molecule has 17 heavy (non-hydrogen) atoms. The van der Waals surface area contributed by atoms with Crippen molar-refractivity contribution >= 4 is 23.2 Å². The summed E-state index contributed by atoms with van der Waals surface area (Å²) < 4.78 is 5.11. The van der Waals surface area contributed by atoms with Crippen molar-refractivity contribution in [3.05, 3.63) is 53.5 Å². The molecule has 0 atom stereocenters. The first-order valence-corrected chi connectivity index (χ1v) is 5.74. The Morgan fingerprint density at radius 1 is 1.29 bits per heavy atom. The van der Waals surface area contributed by atoms with Crippen LogP contribution in [0, 0.1) is 6.92 Å². The third-order valence-corrected chi connectivity index (χ3v) is 2.74. The number of rotatable bonds is 3. The largest absolute Gasteiger partial charge is 0.459 e. The highest BCUT2D eigenvalue weighted by molar-refractivity contribution is 6.17. The first kappa shape index (κ1) is 11.7. The average molecular weight is 250 g/mol. The van der Waals surface area contributed by atoms with Crippen LogP contribution in [0.1, 0.15) is 21.7 Å². The summed E-state index contributed by atoms with van der Waals surface area (Å²) >= 11 is 5.68. The van der Waals surface area contributed by atoms with Crippen molar-refractivity contribution in [2.24, 2.45) is 0 Å². The van der Waals surface area contributed by atoms with E-state index in [9.17, 15) is 4.79 Å². The summed E-state index contributed by atoms with van der Waals surface area (Å²) in [5, 5.41) is 2.76. The minimum Gasteiger partial charge on any atom is -0.459 e. The number of hydrogen-bond donors (Lipinski definition) is 1. The van der Waals surface area contributed by atoms with Gasteiger partial charge in [-0.3, -0.25) is 4.79 Å². The number of halogens is 1. The van der Waals surface area contributed by atoms with Gasteiger partial charge in [-0.2, -0.15) is 0 Å². The molecule has 1 amide bonds. The molecule has 1 N–H and O–H groups in total. The summed E-state index contributed by atoms with van der Waals surface area (Å²) in [6, 6.07) is 9.13. The fraction of sp³-hybridized carbons (Fsp3) is 0.154. The van der Waals surface area contributed by atoms with Crippen LogP contribution in [0.5, 0.6) is 0 Å². The molecule has 0 aliphatic heterocycles. The minimum atomic E-state index is -0.244. The highest BCUT2D eigenvalue weighted by Crippen LogP contribution is 2.14. The average Bonchev–Trinajstić information content (AvgIpc) is 2.76. The molecule has 2 aromatic rings. The van der Waals surface area contributed by atoms with E-state index in [-0.39, 0.29) is 5.91 Å². The van der Waals surface area contributed by atoms with Gasteiger partial charge >= 0.3 is 0 Å². The monoisotopic (exact) mass is 249 g/mol. The second-order valence-electron chi connectivity index (χ2n) is 3.72. The number of hydrogen-bond acceptors (Lipinski definition) is 2. The highest BCUT2D eigenvalue weighted by Gasteiger charge is 2.12. The fourth-order valence-corrected chi connectivity index (χ4v) is 1.65. The Hall–Kier alpha value is -1.74. The van der Waals surface area contributed by atoms with Gasteiger partial charge in [0.2, 0.25) is 0 Å². The molecule has 0 radical (unpaired) electrons. The fourth-order valence-electron chi connectivity index (χ4n) is 1.47. The molecule has 0 saturated heterocycles. The predicted octanol–water partition coefficient (Wildman–Crippen LogP) is 3.58. The Labute approximate surface area is 104 Å². The third kappa shape index (κ3) is 2.68. The molecule has 3 nitrogen and oxygen atoms in total. The minimum absolute atomic E-state index is 0.244. The van der Waals surface area contributed by atoms with Gasteiger partial charge in [0.15, 0.2) is 5.76 Å². The Bertz CT molecular complexity index is 516. The summed E-state index contributed by atoms with van der Waals surface area (Å²) in [5.74, 6) is 0.559. The van der Waals surface area contributed by atoms with Crippen LogP contribution < -0.4 is 5.32 Å². The van der Waals surface area contributed by atoms with Crippen LogP contribution in [0.15, 0.2) is 41.0 Å². The van der Waals surface area contributed by atoms with Crippen molar-refractivity contribution in [2.75, 3.05) is 5.32 Å². The number of nitrogens with one attached hydrogen (secondary N) is 1. The lowest BCUT2D eigenvalue weighted by atomic mass is 10.2. The van der Waals surface area contributed by atoms with E-state index >= 15 is 0 Å². The van der Waals surface area contributed by atoms with Crippen LogP contribution in [-0.4, -0.2) is 5.91 Å². The zero-order chi connectivity index (χ0) is 12.3. The second-order valence-corrected chi connectivity index (χ2v) is 3.98. The zero-order valence-electron chi connectivity index (χ0n) is 9.37. The zero-order valence-corrected chi connectivity index (χ0v) is 10.1. The number of amides is 1. The van der Waals surface area contributed by atoms with Crippen LogP contribution in [-0.2, 0) is 5.88 Å². The molecule has 4 heteroatoms. The molecule has 0 spiro atoms. The van der Waals surface area contributed by atoms with Gasteiger partial charge in [0.25, 0.3) is 5.91 Å². The van der Waals surface area contributed by atoms with Crippen molar-refractivity contribution in [1.82, 2.24) is 0 Å². The summed E-state index contributed by atoms with van der Waals surface area (Å²) in [7, 11) is 0. The van der Waals surface area contributed by atoms with E-state index in [1.54, 1.807) is 6.07 Å². The van der Waals surface area contributed by atoms with Crippen molar-refractivity contribution in [2.45, 2.75) is 12.8 Å². The summed E-state index contributed by atoms with van der Waals surface area (Å²) in [6.45, 7) is 1.83. The predicted molar refractivity (Wildman–Crippen MR) is 67.4 cm³/mol. The molecular weight excluding hydrogens is 238 g/mol. The summed E-state index contributed by atoms with van der Waals surface area (Å²) in [4.78, 5) is 11.8. The molecular formula is C13H12ClNO2.